The molecular formula is C18H15BrFN3. The standard InChI is InChI=1S/C18H15BrFN3/c1-12(15(10-21)11-22)13-3-5-16-14(9-13)4-6-17(18(16)19)23(2)8-7-20/h3-6,9H,7-8H2,1-2H3. The Balaban J connectivity index is 2.56. The van der Waals surface area contributed by atoms with Crippen LogP contribution in [0.4, 0.5) is 10.1 Å². The number of rotatable bonds is 4. The number of alkyl halides is 1. The van der Waals surface area contributed by atoms with Gasteiger partial charge in [0.15, 0.2) is 0 Å². The lowest BCUT2D eigenvalue weighted by Gasteiger charge is -2.20. The number of nitriles is 2. The first-order valence-corrected chi connectivity index (χ1v) is 7.83. The largest absolute Gasteiger partial charge is 0.371 e. The molecule has 0 unspecified atom stereocenters. The Morgan fingerprint density at radius 2 is 1.91 bits per heavy atom. The number of nitrogens with zero attached hydrogens (tertiary/aromatic N) is 3. The molecule has 3 nitrogen and oxygen atoms in total. The van der Waals surface area contributed by atoms with Crippen LogP contribution in [0.2, 0.25) is 0 Å². The summed E-state index contributed by atoms with van der Waals surface area (Å²) in [5.74, 6) is 0. The Labute approximate surface area is 143 Å². The molecule has 0 aromatic heterocycles. The van der Waals surface area contributed by atoms with Crippen molar-refractivity contribution in [1.29, 1.82) is 10.5 Å². The van der Waals surface area contributed by atoms with Crippen LogP contribution in [0.5, 0.6) is 0 Å². The van der Waals surface area contributed by atoms with Crippen molar-refractivity contribution in [1.82, 2.24) is 0 Å². The Bertz CT molecular complexity index is 843. The second kappa shape index (κ2) is 7.26. The first kappa shape index (κ1) is 17.0. The van der Waals surface area contributed by atoms with Gasteiger partial charge >= 0.3 is 0 Å². The molecule has 0 saturated carbocycles. The maximum atomic E-state index is 12.5. The molecule has 0 N–H and O–H groups in total. The molecule has 23 heavy (non-hydrogen) atoms. The molecule has 0 spiro atoms. The van der Waals surface area contributed by atoms with E-state index in [-0.39, 0.29) is 5.57 Å². The SMILES string of the molecule is CC(=C(C#N)C#N)c1ccc2c(Br)c(N(C)CCF)ccc2c1. The van der Waals surface area contributed by atoms with Crippen molar-refractivity contribution < 1.29 is 4.39 Å². The fraction of sp³-hybridized carbons (Fsp3) is 0.222. The van der Waals surface area contributed by atoms with Gasteiger partial charge in [0.1, 0.15) is 24.4 Å². The number of anilines is 1. The van der Waals surface area contributed by atoms with Gasteiger partial charge in [-0.15, -0.1) is 0 Å². The molecule has 0 aliphatic carbocycles. The highest BCUT2D eigenvalue weighted by atomic mass is 79.9. The van der Waals surface area contributed by atoms with E-state index in [0.29, 0.717) is 12.1 Å². The predicted molar refractivity (Wildman–Crippen MR) is 94.7 cm³/mol. The number of fused-ring (bicyclic) bond motifs is 1. The van der Waals surface area contributed by atoms with E-state index >= 15 is 0 Å². The van der Waals surface area contributed by atoms with E-state index in [1.165, 1.54) is 0 Å². The molecule has 116 valence electrons. The summed E-state index contributed by atoms with van der Waals surface area (Å²) in [6, 6.07) is 13.5. The molecule has 2 aromatic rings. The second-order valence-electron chi connectivity index (χ2n) is 5.17. The van der Waals surface area contributed by atoms with Gasteiger partial charge in [-0.05, 0) is 56.9 Å². The minimum atomic E-state index is -0.408. The molecule has 2 rings (SSSR count). The maximum Gasteiger partial charge on any atom is 0.133 e. The third kappa shape index (κ3) is 3.36. The van der Waals surface area contributed by atoms with Crippen molar-refractivity contribution in [2.75, 3.05) is 25.2 Å². The molecule has 0 saturated heterocycles. The molecule has 0 aliphatic heterocycles. The Morgan fingerprint density at radius 1 is 1.22 bits per heavy atom. The third-order valence-electron chi connectivity index (χ3n) is 3.80. The van der Waals surface area contributed by atoms with Crippen molar-refractivity contribution in [2.24, 2.45) is 0 Å². The van der Waals surface area contributed by atoms with E-state index in [4.69, 9.17) is 10.5 Å². The summed E-state index contributed by atoms with van der Waals surface area (Å²) in [4.78, 5) is 1.85. The summed E-state index contributed by atoms with van der Waals surface area (Å²) < 4.78 is 13.4. The number of allylic oxidation sites excluding steroid dienone is 2. The lowest BCUT2D eigenvalue weighted by atomic mass is 9.99. The van der Waals surface area contributed by atoms with Gasteiger partial charge in [0.25, 0.3) is 0 Å². The van der Waals surface area contributed by atoms with Crippen LogP contribution in [0.15, 0.2) is 40.4 Å². The van der Waals surface area contributed by atoms with Crippen LogP contribution in [0, 0.1) is 22.7 Å². The Hall–Kier alpha value is -2.37. The second-order valence-corrected chi connectivity index (χ2v) is 5.96. The van der Waals surface area contributed by atoms with E-state index in [1.807, 2.05) is 54.4 Å². The Morgan fingerprint density at radius 3 is 2.52 bits per heavy atom. The average molecular weight is 372 g/mol. The van der Waals surface area contributed by atoms with Crippen molar-refractivity contribution in [3.8, 4) is 12.1 Å². The molecule has 0 bridgehead atoms. The zero-order chi connectivity index (χ0) is 17.0. The van der Waals surface area contributed by atoms with Gasteiger partial charge in [-0.25, -0.2) is 4.39 Å². The topological polar surface area (TPSA) is 50.8 Å². The first-order chi connectivity index (χ1) is 11.0. The van der Waals surface area contributed by atoms with Crippen LogP contribution in [-0.2, 0) is 0 Å². The molecular weight excluding hydrogens is 357 g/mol. The predicted octanol–water partition coefficient (Wildman–Crippen LogP) is 4.83. The highest BCUT2D eigenvalue weighted by Crippen LogP contribution is 2.35. The summed E-state index contributed by atoms with van der Waals surface area (Å²) in [6.45, 7) is 1.69. The molecule has 0 amide bonds. The minimum Gasteiger partial charge on any atom is -0.371 e. The molecule has 5 heteroatoms. The monoisotopic (exact) mass is 371 g/mol. The van der Waals surface area contributed by atoms with Gasteiger partial charge in [0.2, 0.25) is 0 Å². The van der Waals surface area contributed by atoms with Crippen molar-refractivity contribution in [3.63, 3.8) is 0 Å². The summed E-state index contributed by atoms with van der Waals surface area (Å²) >= 11 is 3.59. The minimum absolute atomic E-state index is 0.114. The fourth-order valence-electron chi connectivity index (χ4n) is 2.39. The van der Waals surface area contributed by atoms with Crippen LogP contribution in [0.3, 0.4) is 0 Å². The van der Waals surface area contributed by atoms with Crippen LogP contribution in [0.25, 0.3) is 16.3 Å². The van der Waals surface area contributed by atoms with E-state index in [2.05, 4.69) is 15.9 Å². The normalized spacial score (nSPS) is 10.0. The molecule has 2 aromatic carbocycles. The van der Waals surface area contributed by atoms with Crippen molar-refractivity contribution >= 4 is 38.0 Å². The highest BCUT2D eigenvalue weighted by Gasteiger charge is 2.11. The number of hydrogen-bond donors (Lipinski definition) is 0. The van der Waals surface area contributed by atoms with Crippen LogP contribution < -0.4 is 4.90 Å². The molecule has 0 atom stereocenters. The van der Waals surface area contributed by atoms with Crippen molar-refractivity contribution in [3.05, 3.63) is 45.9 Å². The van der Waals surface area contributed by atoms with Crippen LogP contribution >= 0.6 is 15.9 Å². The smallest absolute Gasteiger partial charge is 0.133 e. The highest BCUT2D eigenvalue weighted by molar-refractivity contribution is 9.10. The van der Waals surface area contributed by atoms with E-state index in [1.54, 1.807) is 6.92 Å². The summed E-state index contributed by atoms with van der Waals surface area (Å²) in [6.07, 6.45) is 0. The molecule has 0 radical (unpaired) electrons. The summed E-state index contributed by atoms with van der Waals surface area (Å²) in [7, 11) is 1.85. The fourth-order valence-corrected chi connectivity index (χ4v) is 3.19. The van der Waals surface area contributed by atoms with Gasteiger partial charge < -0.3 is 4.90 Å². The lowest BCUT2D eigenvalue weighted by Crippen LogP contribution is -2.20. The van der Waals surface area contributed by atoms with Gasteiger partial charge in [-0.2, -0.15) is 10.5 Å². The quantitative estimate of drug-likeness (QED) is 0.723. The zero-order valence-electron chi connectivity index (χ0n) is 12.9. The summed E-state index contributed by atoms with van der Waals surface area (Å²) in [5.41, 5.74) is 2.53. The Kier molecular flexibility index (Phi) is 5.36. The molecule has 0 fully saturated rings. The van der Waals surface area contributed by atoms with Gasteiger partial charge in [-0.3, -0.25) is 0 Å². The van der Waals surface area contributed by atoms with E-state index < -0.39 is 6.67 Å². The average Bonchev–Trinajstić information content (AvgIpc) is 2.56. The van der Waals surface area contributed by atoms with E-state index in [9.17, 15) is 4.39 Å². The molecule has 0 aliphatic rings. The summed E-state index contributed by atoms with van der Waals surface area (Å²) in [5, 5.41) is 20.0. The number of hydrogen-bond acceptors (Lipinski definition) is 3. The molecule has 0 heterocycles. The maximum absolute atomic E-state index is 12.5. The van der Waals surface area contributed by atoms with Crippen LogP contribution in [0.1, 0.15) is 12.5 Å². The lowest BCUT2D eigenvalue weighted by molar-refractivity contribution is 0.497. The van der Waals surface area contributed by atoms with Gasteiger partial charge in [-0.1, -0.05) is 18.2 Å². The first-order valence-electron chi connectivity index (χ1n) is 7.04. The van der Waals surface area contributed by atoms with E-state index in [0.717, 1.165) is 26.5 Å². The third-order valence-corrected chi connectivity index (χ3v) is 4.63. The van der Waals surface area contributed by atoms with Crippen molar-refractivity contribution in [2.45, 2.75) is 6.92 Å². The number of benzene rings is 2. The van der Waals surface area contributed by atoms with Gasteiger partial charge in [0.05, 0.1) is 5.69 Å². The van der Waals surface area contributed by atoms with Gasteiger partial charge in [0, 0.05) is 18.1 Å². The van der Waals surface area contributed by atoms with Crippen LogP contribution in [-0.4, -0.2) is 20.3 Å². The zero-order valence-corrected chi connectivity index (χ0v) is 14.5. The number of halogens is 2.